The Hall–Kier alpha value is -0.580. The molecular formula is C15H24BrNO2. The average Bonchev–Trinajstić information content (AvgIpc) is 2.41. The van der Waals surface area contributed by atoms with E-state index < -0.39 is 0 Å². The molecule has 1 aromatic carbocycles. The summed E-state index contributed by atoms with van der Waals surface area (Å²) < 4.78 is 6.24. The van der Waals surface area contributed by atoms with E-state index in [4.69, 9.17) is 4.74 Å². The number of aromatic hydroxyl groups is 1. The molecule has 0 heterocycles. The summed E-state index contributed by atoms with van der Waals surface area (Å²) in [7, 11) is 1.73. The van der Waals surface area contributed by atoms with Crippen LogP contribution < -0.4 is 0 Å². The summed E-state index contributed by atoms with van der Waals surface area (Å²) in [5, 5.41) is 9.62. The zero-order valence-corrected chi connectivity index (χ0v) is 13.6. The van der Waals surface area contributed by atoms with E-state index in [0.29, 0.717) is 11.8 Å². The number of ether oxygens (including phenoxy) is 1. The van der Waals surface area contributed by atoms with Crippen LogP contribution in [0.15, 0.2) is 22.7 Å². The first kappa shape index (κ1) is 16.5. The van der Waals surface area contributed by atoms with E-state index in [0.717, 1.165) is 42.6 Å². The first-order valence-electron chi connectivity index (χ1n) is 6.82. The summed E-state index contributed by atoms with van der Waals surface area (Å²) in [6.45, 7) is 6.89. The first-order chi connectivity index (χ1) is 9.12. The highest BCUT2D eigenvalue weighted by Crippen LogP contribution is 2.24. The quantitative estimate of drug-likeness (QED) is 0.787. The molecule has 0 spiro atoms. The molecule has 1 N–H and O–H groups in total. The van der Waals surface area contributed by atoms with Gasteiger partial charge in [-0.3, -0.25) is 4.90 Å². The minimum Gasteiger partial charge on any atom is -0.508 e. The van der Waals surface area contributed by atoms with Crippen LogP contribution in [0.1, 0.15) is 32.3 Å². The smallest absolute Gasteiger partial charge is 0.115 e. The van der Waals surface area contributed by atoms with Crippen molar-refractivity contribution in [3.63, 3.8) is 0 Å². The molecule has 0 aromatic heterocycles. The van der Waals surface area contributed by atoms with E-state index in [2.05, 4.69) is 34.7 Å². The van der Waals surface area contributed by atoms with E-state index in [-0.39, 0.29) is 0 Å². The average molecular weight is 330 g/mol. The van der Waals surface area contributed by atoms with Crippen LogP contribution in [-0.2, 0) is 11.3 Å². The largest absolute Gasteiger partial charge is 0.508 e. The number of methoxy groups -OCH3 is 1. The third-order valence-corrected chi connectivity index (χ3v) is 4.22. The minimum absolute atomic E-state index is 0.314. The third kappa shape index (κ3) is 5.13. The molecule has 1 rings (SSSR count). The molecule has 0 bridgehead atoms. The molecule has 0 aliphatic rings. The summed E-state index contributed by atoms with van der Waals surface area (Å²) in [5.41, 5.74) is 1.11. The lowest BCUT2D eigenvalue weighted by molar-refractivity contribution is 0.110. The topological polar surface area (TPSA) is 32.7 Å². The Kier molecular flexibility index (Phi) is 7.42. The van der Waals surface area contributed by atoms with Crippen LogP contribution in [0.4, 0.5) is 0 Å². The molecule has 0 fully saturated rings. The van der Waals surface area contributed by atoms with Gasteiger partial charge in [0.25, 0.3) is 0 Å². The van der Waals surface area contributed by atoms with Gasteiger partial charge in [-0.1, -0.05) is 29.8 Å². The van der Waals surface area contributed by atoms with Crippen LogP contribution in [0.2, 0.25) is 0 Å². The molecule has 0 saturated carbocycles. The Labute approximate surface area is 124 Å². The molecule has 19 heavy (non-hydrogen) atoms. The predicted molar refractivity (Wildman–Crippen MR) is 82.5 cm³/mol. The lowest BCUT2D eigenvalue weighted by Gasteiger charge is -2.30. The number of hydrogen-bond donors (Lipinski definition) is 1. The van der Waals surface area contributed by atoms with Crippen LogP contribution in [0, 0.1) is 0 Å². The van der Waals surface area contributed by atoms with Gasteiger partial charge in [-0.2, -0.15) is 0 Å². The number of hydrogen-bond acceptors (Lipinski definition) is 3. The van der Waals surface area contributed by atoms with Crippen molar-refractivity contribution < 1.29 is 9.84 Å². The van der Waals surface area contributed by atoms with Gasteiger partial charge in [-0.15, -0.1) is 0 Å². The molecule has 0 radical (unpaired) electrons. The van der Waals surface area contributed by atoms with Gasteiger partial charge in [0.05, 0.1) is 6.61 Å². The van der Waals surface area contributed by atoms with Crippen molar-refractivity contribution >= 4 is 15.9 Å². The first-order valence-corrected chi connectivity index (χ1v) is 7.62. The fourth-order valence-corrected chi connectivity index (χ4v) is 2.68. The molecule has 0 atom stereocenters. The second kappa shape index (κ2) is 8.56. The molecule has 0 amide bonds. The highest BCUT2D eigenvalue weighted by atomic mass is 79.9. The lowest BCUT2D eigenvalue weighted by Crippen LogP contribution is -2.36. The van der Waals surface area contributed by atoms with Crippen molar-refractivity contribution in [3.05, 3.63) is 28.2 Å². The maximum absolute atomic E-state index is 9.62. The lowest BCUT2D eigenvalue weighted by atomic mass is 10.1. The molecule has 0 aliphatic heterocycles. The minimum atomic E-state index is 0.314. The number of rotatable bonds is 8. The van der Waals surface area contributed by atoms with Gasteiger partial charge in [0.2, 0.25) is 0 Å². The zero-order chi connectivity index (χ0) is 14.3. The van der Waals surface area contributed by atoms with Crippen molar-refractivity contribution in [3.8, 4) is 5.75 Å². The standard InChI is InChI=1S/C15H24BrNO2/c1-4-13(5-2)17(8-9-19-3)11-12-10-14(18)6-7-15(12)16/h6-7,10,13,18H,4-5,8-9,11H2,1-3H3. The SMILES string of the molecule is CCC(CC)N(CCOC)Cc1cc(O)ccc1Br. The second-order valence-corrected chi connectivity index (χ2v) is 5.56. The van der Waals surface area contributed by atoms with Gasteiger partial charge >= 0.3 is 0 Å². The summed E-state index contributed by atoms with van der Waals surface area (Å²) in [6.07, 6.45) is 2.24. The molecule has 1 aromatic rings. The van der Waals surface area contributed by atoms with Crippen LogP contribution >= 0.6 is 15.9 Å². The van der Waals surface area contributed by atoms with Gasteiger partial charge in [0.15, 0.2) is 0 Å². The van der Waals surface area contributed by atoms with Crippen LogP contribution in [0.5, 0.6) is 5.75 Å². The number of phenols is 1. The molecule has 3 nitrogen and oxygen atoms in total. The summed E-state index contributed by atoms with van der Waals surface area (Å²) >= 11 is 3.55. The Balaban J connectivity index is 2.83. The Morgan fingerprint density at radius 3 is 2.58 bits per heavy atom. The van der Waals surface area contributed by atoms with Crippen molar-refractivity contribution in [1.29, 1.82) is 0 Å². The van der Waals surface area contributed by atoms with Crippen molar-refractivity contribution in [2.75, 3.05) is 20.3 Å². The highest BCUT2D eigenvalue weighted by molar-refractivity contribution is 9.10. The van der Waals surface area contributed by atoms with Gasteiger partial charge in [-0.05, 0) is 36.6 Å². The maximum atomic E-state index is 9.62. The number of nitrogens with zero attached hydrogens (tertiary/aromatic N) is 1. The summed E-state index contributed by atoms with van der Waals surface area (Å²) in [6, 6.07) is 5.96. The molecule has 0 saturated heterocycles. The molecule has 0 unspecified atom stereocenters. The molecule has 0 aliphatic carbocycles. The number of halogens is 1. The zero-order valence-electron chi connectivity index (χ0n) is 12.0. The Bertz CT molecular complexity index is 380. The van der Waals surface area contributed by atoms with Gasteiger partial charge < -0.3 is 9.84 Å². The number of benzene rings is 1. The van der Waals surface area contributed by atoms with E-state index in [1.807, 2.05) is 12.1 Å². The normalized spacial score (nSPS) is 11.5. The molecular weight excluding hydrogens is 306 g/mol. The van der Waals surface area contributed by atoms with Gasteiger partial charge in [0, 0.05) is 30.7 Å². The van der Waals surface area contributed by atoms with Gasteiger partial charge in [0.1, 0.15) is 5.75 Å². The second-order valence-electron chi connectivity index (χ2n) is 4.71. The van der Waals surface area contributed by atoms with Gasteiger partial charge in [-0.25, -0.2) is 0 Å². The fourth-order valence-electron chi connectivity index (χ4n) is 2.31. The van der Waals surface area contributed by atoms with E-state index in [1.165, 1.54) is 0 Å². The number of phenolic OH excluding ortho intramolecular Hbond substituents is 1. The van der Waals surface area contributed by atoms with Crippen LogP contribution in [-0.4, -0.2) is 36.3 Å². The van der Waals surface area contributed by atoms with Crippen molar-refractivity contribution in [1.82, 2.24) is 4.90 Å². The molecule has 4 heteroatoms. The van der Waals surface area contributed by atoms with E-state index in [1.54, 1.807) is 13.2 Å². The fraction of sp³-hybridized carbons (Fsp3) is 0.600. The predicted octanol–water partition coefficient (Wildman–Crippen LogP) is 3.79. The van der Waals surface area contributed by atoms with Crippen LogP contribution in [0.3, 0.4) is 0 Å². The van der Waals surface area contributed by atoms with Crippen molar-refractivity contribution in [2.24, 2.45) is 0 Å². The van der Waals surface area contributed by atoms with Crippen molar-refractivity contribution in [2.45, 2.75) is 39.3 Å². The highest BCUT2D eigenvalue weighted by Gasteiger charge is 2.16. The Morgan fingerprint density at radius 1 is 1.32 bits per heavy atom. The summed E-state index contributed by atoms with van der Waals surface area (Å²) in [5.74, 6) is 0.314. The monoisotopic (exact) mass is 329 g/mol. The van der Waals surface area contributed by atoms with Crippen LogP contribution in [0.25, 0.3) is 0 Å². The third-order valence-electron chi connectivity index (χ3n) is 3.44. The maximum Gasteiger partial charge on any atom is 0.115 e. The molecule has 108 valence electrons. The van der Waals surface area contributed by atoms with E-state index >= 15 is 0 Å². The Morgan fingerprint density at radius 2 is 2.00 bits per heavy atom. The summed E-state index contributed by atoms with van der Waals surface area (Å²) in [4.78, 5) is 2.42. The van der Waals surface area contributed by atoms with E-state index in [9.17, 15) is 5.11 Å².